The van der Waals surface area contributed by atoms with Gasteiger partial charge in [0, 0.05) is 6.07 Å². The van der Waals surface area contributed by atoms with Crippen LogP contribution in [0.3, 0.4) is 0 Å². The third-order valence-electron chi connectivity index (χ3n) is 1.16. The average molecular weight is 229 g/mol. The Labute approximate surface area is 77.4 Å². The highest BCUT2D eigenvalue weighted by Gasteiger charge is 2.01. The molecule has 0 N–H and O–H groups in total. The molecule has 1 heterocycles. The number of carbonyl (C=O) groups excluding carboxylic acids is 1. The minimum absolute atomic E-state index is 0.268. The molecule has 1 rings (SSSR count). The van der Waals surface area contributed by atoms with Crippen molar-refractivity contribution in [2.75, 3.05) is 7.11 Å². The maximum absolute atomic E-state index is 9.93. The Hall–Kier alpha value is -1.19. The molecule has 0 aliphatic carbocycles. The summed E-state index contributed by atoms with van der Waals surface area (Å²) in [7, 11) is 1.49. The lowest BCUT2D eigenvalue weighted by atomic mass is 10.4. The first-order valence-electron chi connectivity index (χ1n) is 3.06. The summed E-state index contributed by atoms with van der Waals surface area (Å²) in [6, 6.07) is 3.36. The van der Waals surface area contributed by atoms with E-state index in [4.69, 9.17) is 4.74 Å². The maximum atomic E-state index is 9.93. The molecule has 0 aliphatic rings. The zero-order valence-corrected chi connectivity index (χ0v) is 7.83. The molecular weight excluding hydrogens is 224 g/mol. The smallest absolute Gasteiger partial charge is 0.242 e. The standard InChI is InChI=1S/C7H5BrN2O2/c1-12-6-3-2-5(8)7(10-6)9-4-11/h2-3H,1H3. The monoisotopic (exact) mass is 228 g/mol. The number of aromatic nitrogens is 1. The predicted molar refractivity (Wildman–Crippen MR) is 46.3 cm³/mol. The largest absolute Gasteiger partial charge is 0.481 e. The van der Waals surface area contributed by atoms with Crippen molar-refractivity contribution >= 4 is 27.8 Å². The van der Waals surface area contributed by atoms with E-state index in [1.54, 1.807) is 12.1 Å². The molecular formula is C7H5BrN2O2. The van der Waals surface area contributed by atoms with Gasteiger partial charge in [0.25, 0.3) is 0 Å². The van der Waals surface area contributed by atoms with Gasteiger partial charge in [0.15, 0.2) is 5.82 Å². The molecule has 0 atom stereocenters. The van der Waals surface area contributed by atoms with Gasteiger partial charge in [-0.2, -0.15) is 4.98 Å². The van der Waals surface area contributed by atoms with E-state index in [-0.39, 0.29) is 5.82 Å². The minimum Gasteiger partial charge on any atom is -0.481 e. The maximum Gasteiger partial charge on any atom is 0.242 e. The molecule has 0 bridgehead atoms. The Kier molecular flexibility index (Phi) is 2.96. The number of methoxy groups -OCH3 is 1. The van der Waals surface area contributed by atoms with E-state index in [0.29, 0.717) is 10.4 Å². The second kappa shape index (κ2) is 3.99. The van der Waals surface area contributed by atoms with Gasteiger partial charge in [-0.05, 0) is 22.0 Å². The summed E-state index contributed by atoms with van der Waals surface area (Å²) in [6.07, 6.45) is 1.40. The van der Waals surface area contributed by atoms with E-state index < -0.39 is 0 Å². The number of hydrogen-bond acceptors (Lipinski definition) is 4. The summed E-state index contributed by atoms with van der Waals surface area (Å²) in [5.74, 6) is 0.677. The van der Waals surface area contributed by atoms with Crippen molar-refractivity contribution in [3.05, 3.63) is 16.6 Å². The zero-order chi connectivity index (χ0) is 8.97. The Morgan fingerprint density at radius 1 is 1.67 bits per heavy atom. The Morgan fingerprint density at radius 2 is 2.42 bits per heavy atom. The minimum atomic E-state index is 0.268. The van der Waals surface area contributed by atoms with Gasteiger partial charge in [-0.15, -0.1) is 4.99 Å². The van der Waals surface area contributed by atoms with Gasteiger partial charge < -0.3 is 4.74 Å². The Bertz CT molecular complexity index is 334. The first-order valence-corrected chi connectivity index (χ1v) is 3.85. The van der Waals surface area contributed by atoms with Crippen molar-refractivity contribution in [1.29, 1.82) is 0 Å². The number of rotatable bonds is 2. The summed E-state index contributed by atoms with van der Waals surface area (Å²) in [5.41, 5.74) is 0. The third-order valence-corrected chi connectivity index (χ3v) is 1.78. The van der Waals surface area contributed by atoms with Crippen LogP contribution in [0, 0.1) is 0 Å². The molecule has 12 heavy (non-hydrogen) atoms. The molecule has 0 amide bonds. The molecule has 0 unspecified atom stereocenters. The van der Waals surface area contributed by atoms with Crippen LogP contribution < -0.4 is 4.74 Å². The van der Waals surface area contributed by atoms with Gasteiger partial charge in [-0.25, -0.2) is 4.79 Å². The summed E-state index contributed by atoms with van der Waals surface area (Å²) >= 11 is 3.17. The van der Waals surface area contributed by atoms with Crippen LogP contribution >= 0.6 is 15.9 Å². The van der Waals surface area contributed by atoms with Crippen LogP contribution in [0.15, 0.2) is 21.6 Å². The van der Waals surface area contributed by atoms with Crippen molar-refractivity contribution in [3.63, 3.8) is 0 Å². The Morgan fingerprint density at radius 3 is 3.00 bits per heavy atom. The number of nitrogens with zero attached hydrogens (tertiary/aromatic N) is 2. The first-order chi connectivity index (χ1) is 5.77. The molecule has 5 heteroatoms. The lowest BCUT2D eigenvalue weighted by Crippen LogP contribution is -1.86. The van der Waals surface area contributed by atoms with E-state index in [1.165, 1.54) is 13.2 Å². The van der Waals surface area contributed by atoms with Crippen LogP contribution in [0.25, 0.3) is 0 Å². The van der Waals surface area contributed by atoms with Gasteiger partial charge in [0.1, 0.15) is 0 Å². The molecule has 0 saturated heterocycles. The lowest BCUT2D eigenvalue weighted by Gasteiger charge is -1.99. The number of ether oxygens (including phenoxy) is 1. The number of isocyanates is 1. The van der Waals surface area contributed by atoms with Gasteiger partial charge in [-0.1, -0.05) is 0 Å². The van der Waals surface area contributed by atoms with E-state index in [2.05, 4.69) is 25.9 Å². The van der Waals surface area contributed by atoms with Crippen LogP contribution in [-0.2, 0) is 4.79 Å². The summed E-state index contributed by atoms with van der Waals surface area (Å²) in [6.45, 7) is 0. The number of aliphatic imine (C=N–C) groups is 1. The predicted octanol–water partition coefficient (Wildman–Crippen LogP) is 1.82. The van der Waals surface area contributed by atoms with E-state index in [0.717, 1.165) is 0 Å². The van der Waals surface area contributed by atoms with Crippen LogP contribution in [0.4, 0.5) is 5.82 Å². The SMILES string of the molecule is COc1ccc(Br)c(N=C=O)n1. The molecule has 4 nitrogen and oxygen atoms in total. The third kappa shape index (κ3) is 1.90. The van der Waals surface area contributed by atoms with Crippen molar-refractivity contribution in [1.82, 2.24) is 4.98 Å². The fraction of sp³-hybridized carbons (Fsp3) is 0.143. The van der Waals surface area contributed by atoms with E-state index in [1.807, 2.05) is 0 Å². The molecule has 0 radical (unpaired) electrons. The Balaban J connectivity index is 3.16. The molecule has 62 valence electrons. The fourth-order valence-electron chi connectivity index (χ4n) is 0.649. The van der Waals surface area contributed by atoms with Gasteiger partial charge >= 0.3 is 0 Å². The van der Waals surface area contributed by atoms with Gasteiger partial charge in [0.2, 0.25) is 12.0 Å². The number of hydrogen-bond donors (Lipinski definition) is 0. The fourth-order valence-corrected chi connectivity index (χ4v) is 0.959. The highest BCUT2D eigenvalue weighted by molar-refractivity contribution is 9.10. The average Bonchev–Trinajstić information content (AvgIpc) is 2.09. The summed E-state index contributed by atoms with van der Waals surface area (Å²) in [4.78, 5) is 17.2. The first kappa shape index (κ1) is 8.90. The van der Waals surface area contributed by atoms with Crippen molar-refractivity contribution in [3.8, 4) is 5.88 Å². The molecule has 1 aromatic heterocycles. The second-order valence-electron chi connectivity index (χ2n) is 1.86. The molecule has 0 spiro atoms. The molecule has 0 aliphatic heterocycles. The van der Waals surface area contributed by atoms with Crippen LogP contribution in [0.2, 0.25) is 0 Å². The summed E-state index contributed by atoms with van der Waals surface area (Å²) in [5, 5.41) is 0. The van der Waals surface area contributed by atoms with Gasteiger partial charge in [0.05, 0.1) is 11.6 Å². The molecule has 0 saturated carbocycles. The topological polar surface area (TPSA) is 51.5 Å². The van der Waals surface area contributed by atoms with Crippen molar-refractivity contribution < 1.29 is 9.53 Å². The molecule has 1 aromatic rings. The van der Waals surface area contributed by atoms with E-state index in [9.17, 15) is 4.79 Å². The molecule has 0 aromatic carbocycles. The van der Waals surface area contributed by atoms with Crippen LogP contribution in [0.1, 0.15) is 0 Å². The lowest BCUT2D eigenvalue weighted by molar-refractivity contribution is 0.398. The highest BCUT2D eigenvalue weighted by Crippen LogP contribution is 2.24. The molecule has 0 fully saturated rings. The normalized spacial score (nSPS) is 8.83. The van der Waals surface area contributed by atoms with E-state index >= 15 is 0 Å². The second-order valence-corrected chi connectivity index (χ2v) is 2.72. The van der Waals surface area contributed by atoms with Crippen molar-refractivity contribution in [2.45, 2.75) is 0 Å². The van der Waals surface area contributed by atoms with Crippen molar-refractivity contribution in [2.24, 2.45) is 4.99 Å². The van der Waals surface area contributed by atoms with Crippen LogP contribution in [0.5, 0.6) is 5.88 Å². The number of pyridine rings is 1. The number of halogens is 1. The van der Waals surface area contributed by atoms with Gasteiger partial charge in [-0.3, -0.25) is 0 Å². The zero-order valence-electron chi connectivity index (χ0n) is 6.24. The quantitative estimate of drug-likeness (QED) is 0.574. The highest BCUT2D eigenvalue weighted by atomic mass is 79.9. The summed E-state index contributed by atoms with van der Waals surface area (Å²) < 4.78 is 5.47. The van der Waals surface area contributed by atoms with Crippen LogP contribution in [-0.4, -0.2) is 18.2 Å².